The Hall–Kier alpha value is -2.61. The van der Waals surface area contributed by atoms with E-state index in [2.05, 4.69) is 0 Å². The number of amides is 1. The fraction of sp³-hybridized carbons (Fsp3) is 0.208. The van der Waals surface area contributed by atoms with Crippen LogP contribution in [0.3, 0.4) is 0 Å². The van der Waals surface area contributed by atoms with Crippen molar-refractivity contribution in [1.29, 1.82) is 0 Å². The second-order valence-corrected chi connectivity index (χ2v) is 10.5. The van der Waals surface area contributed by atoms with Gasteiger partial charge in [0.25, 0.3) is 10.0 Å². The van der Waals surface area contributed by atoms with Crippen molar-refractivity contribution in [3.05, 3.63) is 94.2 Å². The quantitative estimate of drug-likeness (QED) is 0.431. The standard InChI is InChI=1S/C24H21Cl2FN2O3S/c25-18-8-12-21(13-9-18)29(33(31,32)22-4-1-3-19(26)15-22)16-24(30)28-14-2-5-23(28)17-6-10-20(27)11-7-17/h1,3-4,6-13,15,23H,2,5,14,16H2. The van der Waals surface area contributed by atoms with Crippen molar-refractivity contribution in [2.24, 2.45) is 0 Å². The molecule has 1 atom stereocenters. The van der Waals surface area contributed by atoms with Gasteiger partial charge in [-0.25, -0.2) is 12.8 Å². The van der Waals surface area contributed by atoms with E-state index in [0.29, 0.717) is 17.3 Å². The zero-order valence-corrected chi connectivity index (χ0v) is 19.8. The fourth-order valence-corrected chi connectivity index (χ4v) is 5.83. The first-order chi connectivity index (χ1) is 15.8. The molecule has 0 saturated carbocycles. The number of halogens is 3. The molecule has 9 heteroatoms. The Morgan fingerprint density at radius 1 is 1.00 bits per heavy atom. The Labute approximate surface area is 202 Å². The summed E-state index contributed by atoms with van der Waals surface area (Å²) >= 11 is 12.0. The molecule has 1 unspecified atom stereocenters. The van der Waals surface area contributed by atoms with E-state index in [1.54, 1.807) is 53.4 Å². The summed E-state index contributed by atoms with van der Waals surface area (Å²) < 4.78 is 41.5. The van der Waals surface area contributed by atoms with Crippen LogP contribution in [0, 0.1) is 5.82 Å². The number of carbonyl (C=O) groups is 1. The molecular formula is C24H21Cl2FN2O3S. The van der Waals surface area contributed by atoms with Crippen LogP contribution in [-0.2, 0) is 14.8 Å². The fourth-order valence-electron chi connectivity index (χ4n) is 3.99. The molecule has 172 valence electrons. The molecule has 4 rings (SSSR count). The van der Waals surface area contributed by atoms with Crippen LogP contribution in [0.15, 0.2) is 77.7 Å². The van der Waals surface area contributed by atoms with Gasteiger partial charge in [-0.1, -0.05) is 41.4 Å². The van der Waals surface area contributed by atoms with E-state index in [4.69, 9.17) is 23.2 Å². The molecule has 0 radical (unpaired) electrons. The van der Waals surface area contributed by atoms with Crippen molar-refractivity contribution in [1.82, 2.24) is 4.90 Å². The molecule has 1 aliphatic rings. The summed E-state index contributed by atoms with van der Waals surface area (Å²) in [5.74, 6) is -0.696. The maximum absolute atomic E-state index is 13.5. The highest BCUT2D eigenvalue weighted by Crippen LogP contribution is 2.33. The Morgan fingerprint density at radius 2 is 1.70 bits per heavy atom. The van der Waals surface area contributed by atoms with Crippen LogP contribution in [0.5, 0.6) is 0 Å². The van der Waals surface area contributed by atoms with Gasteiger partial charge in [0.05, 0.1) is 16.6 Å². The molecule has 0 bridgehead atoms. The molecule has 0 spiro atoms. The second-order valence-electron chi connectivity index (χ2n) is 7.74. The molecule has 33 heavy (non-hydrogen) atoms. The van der Waals surface area contributed by atoms with Crippen LogP contribution in [0.2, 0.25) is 10.0 Å². The summed E-state index contributed by atoms with van der Waals surface area (Å²) in [7, 11) is -4.09. The first-order valence-corrected chi connectivity index (χ1v) is 12.5. The molecule has 1 aliphatic heterocycles. The predicted octanol–water partition coefficient (Wildman–Crippen LogP) is 5.69. The van der Waals surface area contributed by atoms with Crippen LogP contribution < -0.4 is 4.31 Å². The normalized spacial score (nSPS) is 16.1. The van der Waals surface area contributed by atoms with Gasteiger partial charge < -0.3 is 4.90 Å². The maximum Gasteiger partial charge on any atom is 0.264 e. The molecule has 0 aliphatic carbocycles. The van der Waals surface area contributed by atoms with Gasteiger partial charge in [-0.3, -0.25) is 9.10 Å². The molecule has 3 aromatic rings. The van der Waals surface area contributed by atoms with Gasteiger partial charge in [-0.2, -0.15) is 0 Å². The van der Waals surface area contributed by atoms with E-state index < -0.39 is 16.6 Å². The third-order valence-electron chi connectivity index (χ3n) is 5.61. The number of hydrogen-bond acceptors (Lipinski definition) is 3. The minimum atomic E-state index is -4.09. The number of nitrogens with zero attached hydrogens (tertiary/aromatic N) is 2. The zero-order valence-electron chi connectivity index (χ0n) is 17.5. The van der Waals surface area contributed by atoms with Crippen molar-refractivity contribution in [2.75, 3.05) is 17.4 Å². The van der Waals surface area contributed by atoms with Crippen LogP contribution >= 0.6 is 23.2 Å². The van der Waals surface area contributed by atoms with Crippen LogP contribution in [0.1, 0.15) is 24.4 Å². The average molecular weight is 507 g/mol. The topological polar surface area (TPSA) is 57.7 Å². The molecule has 1 fully saturated rings. The van der Waals surface area contributed by atoms with Gasteiger partial charge >= 0.3 is 0 Å². The van der Waals surface area contributed by atoms with Crippen LogP contribution in [-0.4, -0.2) is 32.3 Å². The predicted molar refractivity (Wildman–Crippen MR) is 128 cm³/mol. The van der Waals surface area contributed by atoms with Crippen molar-refractivity contribution >= 4 is 44.8 Å². The number of anilines is 1. The van der Waals surface area contributed by atoms with E-state index in [1.807, 2.05) is 0 Å². The van der Waals surface area contributed by atoms with Gasteiger partial charge in [-0.15, -0.1) is 0 Å². The molecule has 0 aromatic heterocycles. The Balaban J connectivity index is 1.67. The number of rotatable bonds is 6. The highest BCUT2D eigenvalue weighted by molar-refractivity contribution is 7.92. The highest BCUT2D eigenvalue weighted by Gasteiger charge is 2.34. The number of hydrogen-bond donors (Lipinski definition) is 0. The molecule has 1 heterocycles. The number of sulfonamides is 1. The summed E-state index contributed by atoms with van der Waals surface area (Å²) in [6.07, 6.45) is 1.50. The lowest BCUT2D eigenvalue weighted by Gasteiger charge is -2.30. The SMILES string of the molecule is O=C(CN(c1ccc(Cl)cc1)S(=O)(=O)c1cccc(Cl)c1)N1CCCC1c1ccc(F)cc1. The van der Waals surface area contributed by atoms with Gasteiger partial charge in [0.2, 0.25) is 5.91 Å². The minimum Gasteiger partial charge on any atom is -0.334 e. The third kappa shape index (κ3) is 5.16. The Kier molecular flexibility index (Phi) is 6.93. The number of carbonyl (C=O) groups excluding carboxylic acids is 1. The number of benzene rings is 3. The largest absolute Gasteiger partial charge is 0.334 e. The summed E-state index contributed by atoms with van der Waals surface area (Å²) in [6.45, 7) is 0.0979. The Bertz CT molecular complexity index is 1250. The molecule has 1 amide bonds. The van der Waals surface area contributed by atoms with E-state index in [9.17, 15) is 17.6 Å². The summed E-state index contributed by atoms with van der Waals surface area (Å²) in [5, 5.41) is 0.718. The van der Waals surface area contributed by atoms with E-state index >= 15 is 0 Å². The first-order valence-electron chi connectivity index (χ1n) is 10.3. The molecular weight excluding hydrogens is 486 g/mol. The molecule has 0 N–H and O–H groups in total. The van der Waals surface area contributed by atoms with Gasteiger partial charge in [0.15, 0.2) is 0 Å². The van der Waals surface area contributed by atoms with Crippen LogP contribution in [0.4, 0.5) is 10.1 Å². The zero-order chi connectivity index (χ0) is 23.6. The third-order valence-corrected chi connectivity index (χ3v) is 7.86. The second kappa shape index (κ2) is 9.71. The monoisotopic (exact) mass is 506 g/mol. The maximum atomic E-state index is 13.5. The number of likely N-dealkylation sites (tertiary alicyclic amines) is 1. The van der Waals surface area contributed by atoms with Gasteiger partial charge in [0, 0.05) is 16.6 Å². The lowest BCUT2D eigenvalue weighted by atomic mass is 10.0. The van der Waals surface area contributed by atoms with Crippen molar-refractivity contribution in [3.63, 3.8) is 0 Å². The Morgan fingerprint density at radius 3 is 2.36 bits per heavy atom. The summed E-state index contributed by atoms with van der Waals surface area (Å²) in [6, 6.07) is 18.0. The van der Waals surface area contributed by atoms with E-state index in [1.165, 1.54) is 24.3 Å². The molecule has 3 aromatic carbocycles. The van der Waals surface area contributed by atoms with Gasteiger partial charge in [0.1, 0.15) is 12.4 Å². The van der Waals surface area contributed by atoms with E-state index in [0.717, 1.165) is 22.7 Å². The lowest BCUT2D eigenvalue weighted by molar-refractivity contribution is -0.130. The highest BCUT2D eigenvalue weighted by atomic mass is 35.5. The van der Waals surface area contributed by atoms with Crippen molar-refractivity contribution in [3.8, 4) is 0 Å². The van der Waals surface area contributed by atoms with Crippen molar-refractivity contribution < 1.29 is 17.6 Å². The van der Waals surface area contributed by atoms with E-state index in [-0.39, 0.29) is 27.7 Å². The lowest BCUT2D eigenvalue weighted by Crippen LogP contribution is -2.42. The first kappa shape index (κ1) is 23.5. The van der Waals surface area contributed by atoms with Crippen molar-refractivity contribution in [2.45, 2.75) is 23.8 Å². The van der Waals surface area contributed by atoms with Gasteiger partial charge in [-0.05, 0) is 73.0 Å². The summed E-state index contributed by atoms with van der Waals surface area (Å²) in [4.78, 5) is 15.0. The smallest absolute Gasteiger partial charge is 0.264 e. The molecule has 1 saturated heterocycles. The molecule has 5 nitrogen and oxygen atoms in total. The summed E-state index contributed by atoms with van der Waals surface area (Å²) in [5.41, 5.74) is 1.13. The average Bonchev–Trinajstić information content (AvgIpc) is 3.28. The minimum absolute atomic E-state index is 0.0192. The van der Waals surface area contributed by atoms with Crippen LogP contribution in [0.25, 0.3) is 0 Å².